The largest absolute Gasteiger partial charge is 0.465 e. The molecule has 1 heterocycles. The summed E-state index contributed by atoms with van der Waals surface area (Å²) in [4.78, 5) is 13.9. The Morgan fingerprint density at radius 2 is 2.28 bits per heavy atom. The molecule has 1 aromatic carbocycles. The van der Waals surface area contributed by atoms with Gasteiger partial charge in [-0.2, -0.15) is 0 Å². The molecule has 1 unspecified atom stereocenters. The third-order valence-electron chi connectivity index (χ3n) is 3.40. The average Bonchev–Trinajstić information content (AvgIpc) is 2.81. The van der Waals surface area contributed by atoms with Crippen LogP contribution in [0.5, 0.6) is 0 Å². The maximum Gasteiger partial charge on any atom is 0.338 e. The van der Waals surface area contributed by atoms with Crippen LogP contribution in [-0.4, -0.2) is 44.2 Å². The molecule has 1 aliphatic rings. The second-order valence-electron chi connectivity index (χ2n) is 4.78. The fourth-order valence-electron chi connectivity index (χ4n) is 2.34. The van der Waals surface area contributed by atoms with E-state index in [0.717, 1.165) is 25.1 Å². The summed E-state index contributed by atoms with van der Waals surface area (Å²) >= 11 is 0. The second kappa shape index (κ2) is 5.98. The highest BCUT2D eigenvalue weighted by Crippen LogP contribution is 2.12. The van der Waals surface area contributed by atoms with Crippen LogP contribution >= 0.6 is 0 Å². The van der Waals surface area contributed by atoms with Crippen LogP contribution in [0.4, 0.5) is 0 Å². The number of hydrogen-bond acceptors (Lipinski definition) is 4. The summed E-state index contributed by atoms with van der Waals surface area (Å²) < 4.78 is 4.79. The van der Waals surface area contributed by atoms with Gasteiger partial charge in [0.05, 0.1) is 12.7 Å². The molecule has 1 atom stereocenters. The standard InChI is InChI=1S/C14H20N2O2/c1-16-8-7-12(10-16)15-9-11-5-3-4-6-13(11)14(17)18-2/h3-6,12,15H,7-10H2,1-2H3. The van der Waals surface area contributed by atoms with Crippen LogP contribution in [0.15, 0.2) is 24.3 Å². The molecule has 0 spiro atoms. The smallest absolute Gasteiger partial charge is 0.338 e. The summed E-state index contributed by atoms with van der Waals surface area (Å²) in [6.07, 6.45) is 1.16. The van der Waals surface area contributed by atoms with Crippen LogP contribution < -0.4 is 5.32 Å². The maximum absolute atomic E-state index is 11.6. The van der Waals surface area contributed by atoms with E-state index in [1.165, 1.54) is 7.11 Å². The molecule has 0 radical (unpaired) electrons. The SMILES string of the molecule is COC(=O)c1ccccc1CNC1CCN(C)C1. The van der Waals surface area contributed by atoms with Gasteiger partial charge in [0.15, 0.2) is 0 Å². The van der Waals surface area contributed by atoms with Crippen LogP contribution in [0.25, 0.3) is 0 Å². The van der Waals surface area contributed by atoms with Crippen molar-refractivity contribution in [2.24, 2.45) is 0 Å². The van der Waals surface area contributed by atoms with Gasteiger partial charge >= 0.3 is 5.97 Å². The number of benzene rings is 1. The van der Waals surface area contributed by atoms with Crippen molar-refractivity contribution in [2.75, 3.05) is 27.2 Å². The number of ether oxygens (including phenoxy) is 1. The van der Waals surface area contributed by atoms with Crippen molar-refractivity contribution in [1.29, 1.82) is 0 Å². The number of hydrogen-bond donors (Lipinski definition) is 1. The molecule has 0 aliphatic carbocycles. The summed E-state index contributed by atoms with van der Waals surface area (Å²) in [6, 6.07) is 8.10. The van der Waals surface area contributed by atoms with E-state index in [4.69, 9.17) is 4.74 Å². The van der Waals surface area contributed by atoms with Gasteiger partial charge in [-0.25, -0.2) is 4.79 Å². The lowest BCUT2D eigenvalue weighted by molar-refractivity contribution is 0.0599. The number of nitrogens with zero attached hydrogens (tertiary/aromatic N) is 1. The topological polar surface area (TPSA) is 41.6 Å². The lowest BCUT2D eigenvalue weighted by atomic mass is 10.1. The van der Waals surface area contributed by atoms with Crippen molar-refractivity contribution in [3.63, 3.8) is 0 Å². The lowest BCUT2D eigenvalue weighted by Crippen LogP contribution is -2.31. The van der Waals surface area contributed by atoms with Gasteiger partial charge < -0.3 is 15.0 Å². The molecule has 4 heteroatoms. The molecule has 2 rings (SSSR count). The minimum absolute atomic E-state index is 0.268. The lowest BCUT2D eigenvalue weighted by Gasteiger charge is -2.14. The molecule has 1 N–H and O–H groups in total. The van der Waals surface area contributed by atoms with Crippen molar-refractivity contribution in [2.45, 2.75) is 19.0 Å². The van der Waals surface area contributed by atoms with E-state index in [9.17, 15) is 4.79 Å². The van der Waals surface area contributed by atoms with Crippen LogP contribution in [0, 0.1) is 0 Å². The molecule has 4 nitrogen and oxygen atoms in total. The Bertz CT molecular complexity index is 420. The van der Waals surface area contributed by atoms with Gasteiger partial charge in [0, 0.05) is 19.1 Å². The molecule has 98 valence electrons. The normalized spacial score (nSPS) is 20.0. The van der Waals surface area contributed by atoms with E-state index in [0.29, 0.717) is 18.2 Å². The predicted molar refractivity (Wildman–Crippen MR) is 70.5 cm³/mol. The van der Waals surface area contributed by atoms with Crippen molar-refractivity contribution in [3.8, 4) is 0 Å². The number of likely N-dealkylation sites (N-methyl/N-ethyl adjacent to an activating group) is 1. The zero-order chi connectivity index (χ0) is 13.0. The fraction of sp³-hybridized carbons (Fsp3) is 0.500. The fourth-order valence-corrected chi connectivity index (χ4v) is 2.34. The summed E-state index contributed by atoms with van der Waals surface area (Å²) in [5.74, 6) is -0.268. The summed E-state index contributed by atoms with van der Waals surface area (Å²) in [6.45, 7) is 2.92. The van der Waals surface area contributed by atoms with Gasteiger partial charge in [-0.3, -0.25) is 0 Å². The first kappa shape index (κ1) is 13.1. The first-order valence-electron chi connectivity index (χ1n) is 6.29. The molecule has 0 bridgehead atoms. The molecule has 18 heavy (non-hydrogen) atoms. The molecule has 1 saturated heterocycles. The van der Waals surface area contributed by atoms with Crippen LogP contribution in [0.2, 0.25) is 0 Å². The number of carbonyl (C=O) groups is 1. The van der Waals surface area contributed by atoms with Crippen LogP contribution in [0.1, 0.15) is 22.3 Å². The highest BCUT2D eigenvalue weighted by atomic mass is 16.5. The van der Waals surface area contributed by atoms with E-state index in [1.54, 1.807) is 0 Å². The van der Waals surface area contributed by atoms with Crippen LogP contribution in [-0.2, 0) is 11.3 Å². The van der Waals surface area contributed by atoms with E-state index in [2.05, 4.69) is 17.3 Å². The molecule has 1 fully saturated rings. The molecule has 0 amide bonds. The summed E-state index contributed by atoms with van der Waals surface area (Å²) in [5.41, 5.74) is 1.65. The quantitative estimate of drug-likeness (QED) is 0.815. The van der Waals surface area contributed by atoms with Gasteiger partial charge in [-0.15, -0.1) is 0 Å². The number of nitrogens with one attached hydrogen (secondary N) is 1. The Labute approximate surface area is 108 Å². The molecule has 1 aliphatic heterocycles. The van der Waals surface area contributed by atoms with E-state index in [-0.39, 0.29) is 5.97 Å². The van der Waals surface area contributed by atoms with E-state index in [1.807, 2.05) is 24.3 Å². The van der Waals surface area contributed by atoms with E-state index >= 15 is 0 Å². The van der Waals surface area contributed by atoms with Gasteiger partial charge in [-0.05, 0) is 31.6 Å². The second-order valence-corrected chi connectivity index (χ2v) is 4.78. The molecular weight excluding hydrogens is 228 g/mol. The summed E-state index contributed by atoms with van der Waals surface area (Å²) in [5, 5.41) is 3.50. The minimum atomic E-state index is -0.268. The van der Waals surface area contributed by atoms with E-state index < -0.39 is 0 Å². The molecular formula is C14H20N2O2. The monoisotopic (exact) mass is 248 g/mol. The molecule has 0 aromatic heterocycles. The summed E-state index contributed by atoms with van der Waals surface area (Å²) in [7, 11) is 3.54. The Hall–Kier alpha value is -1.39. The Kier molecular flexibility index (Phi) is 4.33. The third-order valence-corrected chi connectivity index (χ3v) is 3.40. The number of methoxy groups -OCH3 is 1. The number of rotatable bonds is 4. The number of carbonyl (C=O) groups excluding carboxylic acids is 1. The molecule has 1 aromatic rings. The predicted octanol–water partition coefficient (Wildman–Crippen LogP) is 1.27. The Balaban J connectivity index is 1.98. The molecule has 0 saturated carbocycles. The highest BCUT2D eigenvalue weighted by Gasteiger charge is 2.19. The van der Waals surface area contributed by atoms with Crippen molar-refractivity contribution < 1.29 is 9.53 Å². The first-order valence-corrected chi connectivity index (χ1v) is 6.29. The zero-order valence-electron chi connectivity index (χ0n) is 11.0. The van der Waals surface area contributed by atoms with Gasteiger partial charge in [0.25, 0.3) is 0 Å². The van der Waals surface area contributed by atoms with Crippen molar-refractivity contribution >= 4 is 5.97 Å². The van der Waals surface area contributed by atoms with Crippen LogP contribution in [0.3, 0.4) is 0 Å². The van der Waals surface area contributed by atoms with Crippen molar-refractivity contribution in [1.82, 2.24) is 10.2 Å². The first-order chi connectivity index (χ1) is 8.70. The Morgan fingerprint density at radius 1 is 1.50 bits per heavy atom. The number of likely N-dealkylation sites (tertiary alicyclic amines) is 1. The number of esters is 1. The minimum Gasteiger partial charge on any atom is -0.465 e. The van der Waals surface area contributed by atoms with Gasteiger partial charge in [0.1, 0.15) is 0 Å². The average molecular weight is 248 g/mol. The van der Waals surface area contributed by atoms with Crippen molar-refractivity contribution in [3.05, 3.63) is 35.4 Å². The van der Waals surface area contributed by atoms with Gasteiger partial charge in [0.2, 0.25) is 0 Å². The maximum atomic E-state index is 11.6. The Morgan fingerprint density at radius 3 is 2.94 bits per heavy atom. The van der Waals surface area contributed by atoms with Gasteiger partial charge in [-0.1, -0.05) is 18.2 Å². The zero-order valence-corrected chi connectivity index (χ0v) is 11.0. The third kappa shape index (κ3) is 3.09. The highest BCUT2D eigenvalue weighted by molar-refractivity contribution is 5.90.